The summed E-state index contributed by atoms with van der Waals surface area (Å²) in [6.45, 7) is 6.32. The molecule has 18 heavy (non-hydrogen) atoms. The number of nitrogens with one attached hydrogen (secondary N) is 2. The molecule has 0 aromatic heterocycles. The zero-order chi connectivity index (χ0) is 13.8. The number of carbonyl (C=O) groups excluding carboxylic acids is 1. The first kappa shape index (κ1) is 14.8. The number of hydrogen-bond donors (Lipinski definition) is 3. The van der Waals surface area contributed by atoms with Crippen molar-refractivity contribution >= 4 is 12.0 Å². The molecular weight excluding hydrogens is 236 g/mol. The highest BCUT2D eigenvalue weighted by molar-refractivity contribution is 5.76. The van der Waals surface area contributed by atoms with E-state index in [1.807, 2.05) is 20.8 Å². The quantitative estimate of drug-likeness (QED) is 0.689. The van der Waals surface area contributed by atoms with E-state index in [2.05, 4.69) is 10.6 Å². The fraction of sp³-hybridized carbons (Fsp3) is 0.833. The molecule has 1 fully saturated rings. The van der Waals surface area contributed by atoms with Crippen molar-refractivity contribution in [1.29, 1.82) is 0 Å². The molecular formula is C12H22N2O4. The van der Waals surface area contributed by atoms with Crippen molar-refractivity contribution in [3.63, 3.8) is 0 Å². The second kappa shape index (κ2) is 6.04. The monoisotopic (exact) mass is 258 g/mol. The summed E-state index contributed by atoms with van der Waals surface area (Å²) in [6.07, 6.45) is 1.25. The first-order valence-electron chi connectivity index (χ1n) is 6.29. The van der Waals surface area contributed by atoms with Crippen LogP contribution < -0.4 is 10.6 Å². The fourth-order valence-electron chi connectivity index (χ4n) is 1.99. The van der Waals surface area contributed by atoms with Gasteiger partial charge in [0.1, 0.15) is 0 Å². The third-order valence-electron chi connectivity index (χ3n) is 3.53. The summed E-state index contributed by atoms with van der Waals surface area (Å²) in [4.78, 5) is 22.4. The molecule has 0 spiro atoms. The van der Waals surface area contributed by atoms with Gasteiger partial charge in [0.2, 0.25) is 0 Å². The summed E-state index contributed by atoms with van der Waals surface area (Å²) in [5, 5.41) is 14.3. The maximum atomic E-state index is 11.8. The Bertz CT molecular complexity index is 321. The van der Waals surface area contributed by atoms with Crippen LogP contribution in [0.15, 0.2) is 0 Å². The van der Waals surface area contributed by atoms with Crippen LogP contribution in [0.3, 0.4) is 0 Å². The lowest BCUT2D eigenvalue weighted by molar-refractivity contribution is -0.137. The molecule has 1 aliphatic rings. The maximum absolute atomic E-state index is 11.8. The smallest absolute Gasteiger partial charge is 0.315 e. The summed E-state index contributed by atoms with van der Waals surface area (Å²) in [5.74, 6) is -0.911. The Hall–Kier alpha value is -1.30. The topological polar surface area (TPSA) is 87.7 Å². The molecule has 2 amide bonds. The van der Waals surface area contributed by atoms with E-state index in [1.54, 1.807) is 0 Å². The number of hydrogen-bond acceptors (Lipinski definition) is 3. The first-order valence-corrected chi connectivity index (χ1v) is 6.29. The highest BCUT2D eigenvalue weighted by Gasteiger charge is 2.38. The molecule has 0 saturated carbocycles. The van der Waals surface area contributed by atoms with Crippen molar-refractivity contribution in [2.24, 2.45) is 0 Å². The molecule has 6 nitrogen and oxygen atoms in total. The molecule has 0 aromatic carbocycles. The molecule has 1 saturated heterocycles. The van der Waals surface area contributed by atoms with Crippen molar-refractivity contribution in [2.45, 2.75) is 57.7 Å². The Labute approximate surface area is 107 Å². The van der Waals surface area contributed by atoms with E-state index in [4.69, 9.17) is 9.84 Å². The minimum Gasteiger partial charge on any atom is -0.481 e. The van der Waals surface area contributed by atoms with Gasteiger partial charge >= 0.3 is 12.0 Å². The van der Waals surface area contributed by atoms with Gasteiger partial charge < -0.3 is 20.5 Å². The second-order valence-electron chi connectivity index (χ2n) is 4.98. The standard InChI is InChI=1S/C12H22N2O4/c1-4-9(7-10(15)16)13-11(17)14-12(3)5-6-18-8(12)2/h8-9H,4-7H2,1-3H3,(H,15,16)(H2,13,14,17). The average Bonchev–Trinajstić information content (AvgIpc) is 2.57. The van der Waals surface area contributed by atoms with Gasteiger partial charge in [-0.15, -0.1) is 0 Å². The number of carboxylic acids is 1. The minimum atomic E-state index is -0.911. The van der Waals surface area contributed by atoms with Crippen LogP contribution in [0.5, 0.6) is 0 Å². The number of rotatable bonds is 5. The van der Waals surface area contributed by atoms with Gasteiger partial charge in [0.15, 0.2) is 0 Å². The van der Waals surface area contributed by atoms with E-state index in [1.165, 1.54) is 0 Å². The van der Waals surface area contributed by atoms with Crippen molar-refractivity contribution in [3.8, 4) is 0 Å². The van der Waals surface area contributed by atoms with Gasteiger partial charge in [-0.25, -0.2) is 4.79 Å². The number of ether oxygens (including phenoxy) is 1. The molecule has 104 valence electrons. The zero-order valence-corrected chi connectivity index (χ0v) is 11.2. The van der Waals surface area contributed by atoms with Crippen LogP contribution in [-0.2, 0) is 9.53 Å². The summed E-state index contributed by atoms with van der Waals surface area (Å²) < 4.78 is 5.43. The Kier molecular flexibility index (Phi) is 4.95. The molecule has 3 unspecified atom stereocenters. The van der Waals surface area contributed by atoms with E-state index in [0.717, 1.165) is 6.42 Å². The number of carboxylic acid groups (broad SMARTS) is 1. The van der Waals surface area contributed by atoms with E-state index in [0.29, 0.717) is 13.0 Å². The van der Waals surface area contributed by atoms with Crippen LogP contribution in [0.4, 0.5) is 4.79 Å². The predicted octanol–water partition coefficient (Wildman–Crippen LogP) is 1.11. The molecule has 0 radical (unpaired) electrons. The first-order chi connectivity index (χ1) is 8.37. The number of urea groups is 1. The van der Waals surface area contributed by atoms with Gasteiger partial charge in [0.05, 0.1) is 18.1 Å². The third-order valence-corrected chi connectivity index (χ3v) is 3.53. The van der Waals surface area contributed by atoms with E-state index in [9.17, 15) is 9.59 Å². The predicted molar refractivity (Wildman–Crippen MR) is 66.4 cm³/mol. The van der Waals surface area contributed by atoms with Crippen molar-refractivity contribution in [2.75, 3.05) is 6.61 Å². The number of amides is 2. The molecule has 0 bridgehead atoms. The fourth-order valence-corrected chi connectivity index (χ4v) is 1.99. The molecule has 1 rings (SSSR count). The van der Waals surface area contributed by atoms with Gasteiger partial charge in [-0.2, -0.15) is 0 Å². The van der Waals surface area contributed by atoms with Gasteiger partial charge in [0.25, 0.3) is 0 Å². The Balaban J connectivity index is 2.47. The average molecular weight is 258 g/mol. The van der Waals surface area contributed by atoms with Crippen LogP contribution >= 0.6 is 0 Å². The van der Waals surface area contributed by atoms with Crippen LogP contribution in [0.2, 0.25) is 0 Å². The van der Waals surface area contributed by atoms with Crippen molar-refractivity contribution in [1.82, 2.24) is 10.6 Å². The largest absolute Gasteiger partial charge is 0.481 e. The molecule has 1 heterocycles. The van der Waals surface area contributed by atoms with Crippen molar-refractivity contribution < 1.29 is 19.4 Å². The van der Waals surface area contributed by atoms with E-state index >= 15 is 0 Å². The Morgan fingerprint density at radius 1 is 1.56 bits per heavy atom. The molecule has 0 aliphatic carbocycles. The third kappa shape index (κ3) is 3.87. The Morgan fingerprint density at radius 3 is 2.67 bits per heavy atom. The van der Waals surface area contributed by atoms with E-state index < -0.39 is 5.97 Å². The van der Waals surface area contributed by atoms with Gasteiger partial charge in [0, 0.05) is 12.6 Å². The lowest BCUT2D eigenvalue weighted by Crippen LogP contribution is -2.55. The summed E-state index contributed by atoms with van der Waals surface area (Å²) >= 11 is 0. The van der Waals surface area contributed by atoms with Crippen LogP contribution in [0.25, 0.3) is 0 Å². The molecule has 1 aliphatic heterocycles. The van der Waals surface area contributed by atoms with Gasteiger partial charge in [-0.3, -0.25) is 4.79 Å². The number of carbonyl (C=O) groups is 2. The minimum absolute atomic E-state index is 0.0391. The molecule has 3 N–H and O–H groups in total. The number of aliphatic carboxylic acids is 1. The van der Waals surface area contributed by atoms with E-state index in [-0.39, 0.29) is 30.1 Å². The summed E-state index contributed by atoms with van der Waals surface area (Å²) in [7, 11) is 0. The second-order valence-corrected chi connectivity index (χ2v) is 4.98. The highest BCUT2D eigenvalue weighted by Crippen LogP contribution is 2.24. The van der Waals surface area contributed by atoms with Gasteiger partial charge in [-0.1, -0.05) is 6.92 Å². The Morgan fingerprint density at radius 2 is 2.22 bits per heavy atom. The lowest BCUT2D eigenvalue weighted by Gasteiger charge is -2.29. The van der Waals surface area contributed by atoms with Crippen LogP contribution in [-0.4, -0.2) is 41.4 Å². The summed E-state index contributed by atoms with van der Waals surface area (Å²) in [6, 6.07) is -0.674. The van der Waals surface area contributed by atoms with Crippen molar-refractivity contribution in [3.05, 3.63) is 0 Å². The lowest BCUT2D eigenvalue weighted by atomic mass is 9.95. The van der Waals surface area contributed by atoms with Crippen LogP contribution in [0, 0.1) is 0 Å². The molecule has 6 heteroatoms. The molecule has 0 aromatic rings. The van der Waals surface area contributed by atoms with Crippen LogP contribution in [0.1, 0.15) is 40.0 Å². The maximum Gasteiger partial charge on any atom is 0.315 e. The molecule has 3 atom stereocenters. The SMILES string of the molecule is CCC(CC(=O)O)NC(=O)NC1(C)CCOC1C. The van der Waals surface area contributed by atoms with Gasteiger partial charge in [-0.05, 0) is 26.7 Å². The normalized spacial score (nSPS) is 28.7. The zero-order valence-electron chi connectivity index (χ0n) is 11.2. The highest BCUT2D eigenvalue weighted by atomic mass is 16.5. The summed E-state index contributed by atoms with van der Waals surface area (Å²) in [5.41, 5.74) is -0.383.